The summed E-state index contributed by atoms with van der Waals surface area (Å²) in [6.07, 6.45) is 7.94. The van der Waals surface area contributed by atoms with E-state index in [1.54, 1.807) is 0 Å². The number of aromatic nitrogens is 1. The molecule has 0 unspecified atom stereocenters. The first-order chi connectivity index (χ1) is 8.34. The Morgan fingerprint density at radius 2 is 1.94 bits per heavy atom. The van der Waals surface area contributed by atoms with Crippen LogP contribution in [0, 0.1) is 0 Å². The molecule has 2 fully saturated rings. The predicted octanol–water partition coefficient (Wildman–Crippen LogP) is 2.14. The monoisotopic (exact) mass is 231 g/mol. The van der Waals surface area contributed by atoms with Crippen molar-refractivity contribution >= 4 is 5.69 Å². The average Bonchev–Trinajstić information content (AvgIpc) is 2.31. The van der Waals surface area contributed by atoms with Gasteiger partial charge in [-0.2, -0.15) is 0 Å². The van der Waals surface area contributed by atoms with Crippen LogP contribution in [0.5, 0.6) is 0 Å². The van der Waals surface area contributed by atoms with Gasteiger partial charge in [0.1, 0.15) is 0 Å². The minimum Gasteiger partial charge on any atom is -0.368 e. The van der Waals surface area contributed by atoms with E-state index in [1.807, 2.05) is 12.4 Å². The Bertz CT molecular complexity index is 359. The highest BCUT2D eigenvalue weighted by molar-refractivity contribution is 5.48. The summed E-state index contributed by atoms with van der Waals surface area (Å²) < 4.78 is 0. The maximum atomic E-state index is 4.07. The molecule has 2 aliphatic heterocycles. The molecule has 3 nitrogen and oxygen atoms in total. The molecule has 0 bridgehead atoms. The zero-order chi connectivity index (χ0) is 11.7. The third-order valence-electron chi connectivity index (χ3n) is 4.21. The normalized spacial score (nSPS) is 26.9. The van der Waals surface area contributed by atoms with E-state index in [-0.39, 0.29) is 0 Å². The van der Waals surface area contributed by atoms with Crippen molar-refractivity contribution in [3.63, 3.8) is 0 Å². The SMILES string of the molecule is C[C@@H]1CCCCN1C1CN(c2ccncc2)C1. The van der Waals surface area contributed by atoms with Gasteiger partial charge in [0, 0.05) is 43.3 Å². The van der Waals surface area contributed by atoms with Gasteiger partial charge in [0.05, 0.1) is 0 Å². The molecule has 3 heteroatoms. The molecular formula is C14H21N3. The molecular weight excluding hydrogens is 210 g/mol. The van der Waals surface area contributed by atoms with Gasteiger partial charge in [-0.1, -0.05) is 6.42 Å². The van der Waals surface area contributed by atoms with Gasteiger partial charge >= 0.3 is 0 Å². The standard InChI is InChI=1S/C14H21N3/c1-12-4-2-3-9-17(12)14-10-16(11-14)13-5-7-15-8-6-13/h5-8,12,14H,2-4,9-11H2,1H3/t12-/m1/s1. The second-order valence-electron chi connectivity index (χ2n) is 5.35. The number of rotatable bonds is 2. The number of pyridine rings is 1. The van der Waals surface area contributed by atoms with Gasteiger partial charge in [0.25, 0.3) is 0 Å². The van der Waals surface area contributed by atoms with Crippen molar-refractivity contribution in [3.8, 4) is 0 Å². The Morgan fingerprint density at radius 1 is 1.18 bits per heavy atom. The van der Waals surface area contributed by atoms with Crippen LogP contribution in [0.25, 0.3) is 0 Å². The van der Waals surface area contributed by atoms with E-state index in [9.17, 15) is 0 Å². The lowest BCUT2D eigenvalue weighted by molar-refractivity contribution is 0.0876. The smallest absolute Gasteiger partial charge is 0.0449 e. The number of likely N-dealkylation sites (tertiary alicyclic amines) is 1. The first-order valence-corrected chi connectivity index (χ1v) is 6.75. The molecule has 0 N–H and O–H groups in total. The molecule has 0 amide bonds. The Labute approximate surface area is 103 Å². The van der Waals surface area contributed by atoms with Crippen molar-refractivity contribution in [2.45, 2.75) is 38.3 Å². The maximum absolute atomic E-state index is 4.07. The van der Waals surface area contributed by atoms with Gasteiger partial charge < -0.3 is 4.90 Å². The number of anilines is 1. The maximum Gasteiger partial charge on any atom is 0.0449 e. The van der Waals surface area contributed by atoms with Crippen molar-refractivity contribution in [2.24, 2.45) is 0 Å². The Morgan fingerprint density at radius 3 is 2.65 bits per heavy atom. The predicted molar refractivity (Wildman–Crippen MR) is 70.3 cm³/mol. The molecule has 1 aromatic heterocycles. The number of nitrogens with zero attached hydrogens (tertiary/aromatic N) is 3. The largest absolute Gasteiger partial charge is 0.368 e. The first-order valence-electron chi connectivity index (χ1n) is 6.75. The number of hydrogen-bond acceptors (Lipinski definition) is 3. The van der Waals surface area contributed by atoms with E-state index in [1.165, 1.54) is 44.6 Å². The fraction of sp³-hybridized carbons (Fsp3) is 0.643. The molecule has 0 radical (unpaired) electrons. The third-order valence-corrected chi connectivity index (χ3v) is 4.21. The zero-order valence-corrected chi connectivity index (χ0v) is 10.5. The van der Waals surface area contributed by atoms with Crippen LogP contribution in [0.4, 0.5) is 5.69 Å². The van der Waals surface area contributed by atoms with Crippen molar-refractivity contribution in [1.82, 2.24) is 9.88 Å². The Kier molecular flexibility index (Phi) is 3.02. The second kappa shape index (κ2) is 4.65. The molecule has 0 spiro atoms. The lowest BCUT2D eigenvalue weighted by Gasteiger charge is -2.50. The van der Waals surface area contributed by atoms with E-state index in [0.717, 1.165) is 12.1 Å². The summed E-state index contributed by atoms with van der Waals surface area (Å²) in [5.41, 5.74) is 1.32. The zero-order valence-electron chi connectivity index (χ0n) is 10.5. The van der Waals surface area contributed by atoms with Crippen LogP contribution < -0.4 is 4.90 Å². The summed E-state index contributed by atoms with van der Waals surface area (Å²) >= 11 is 0. The van der Waals surface area contributed by atoms with E-state index in [4.69, 9.17) is 0 Å². The molecule has 17 heavy (non-hydrogen) atoms. The molecule has 0 aromatic carbocycles. The highest BCUT2D eigenvalue weighted by Gasteiger charge is 2.34. The molecule has 0 saturated carbocycles. The van der Waals surface area contributed by atoms with Crippen LogP contribution in [0.15, 0.2) is 24.5 Å². The topological polar surface area (TPSA) is 19.4 Å². The van der Waals surface area contributed by atoms with Crippen molar-refractivity contribution in [2.75, 3.05) is 24.5 Å². The van der Waals surface area contributed by atoms with Crippen LogP contribution in [0.2, 0.25) is 0 Å². The highest BCUT2D eigenvalue weighted by Crippen LogP contribution is 2.27. The molecule has 92 valence electrons. The lowest BCUT2D eigenvalue weighted by atomic mass is 9.97. The van der Waals surface area contributed by atoms with Gasteiger partial charge in [-0.25, -0.2) is 0 Å². The molecule has 3 rings (SSSR count). The summed E-state index contributed by atoms with van der Waals surface area (Å²) in [6.45, 7) is 6.06. The minimum absolute atomic E-state index is 0.776. The van der Waals surface area contributed by atoms with Gasteiger partial charge in [-0.15, -0.1) is 0 Å². The Hall–Kier alpha value is -1.09. The van der Waals surface area contributed by atoms with Crippen molar-refractivity contribution in [1.29, 1.82) is 0 Å². The number of piperidine rings is 1. The quantitative estimate of drug-likeness (QED) is 0.777. The van der Waals surface area contributed by atoms with E-state index >= 15 is 0 Å². The minimum atomic E-state index is 0.776. The molecule has 3 heterocycles. The first kappa shape index (κ1) is 11.0. The molecule has 1 aromatic rings. The molecule has 2 saturated heterocycles. The van der Waals surface area contributed by atoms with Gasteiger partial charge in [0.15, 0.2) is 0 Å². The van der Waals surface area contributed by atoms with Crippen LogP contribution in [0.3, 0.4) is 0 Å². The van der Waals surface area contributed by atoms with Gasteiger partial charge in [0.2, 0.25) is 0 Å². The van der Waals surface area contributed by atoms with Crippen LogP contribution in [-0.2, 0) is 0 Å². The lowest BCUT2D eigenvalue weighted by Crippen LogP contribution is -2.62. The van der Waals surface area contributed by atoms with E-state index < -0.39 is 0 Å². The van der Waals surface area contributed by atoms with Gasteiger partial charge in [-0.3, -0.25) is 9.88 Å². The fourth-order valence-electron chi connectivity index (χ4n) is 3.09. The molecule has 0 aliphatic carbocycles. The summed E-state index contributed by atoms with van der Waals surface area (Å²) in [7, 11) is 0. The van der Waals surface area contributed by atoms with E-state index in [2.05, 4.69) is 33.8 Å². The van der Waals surface area contributed by atoms with Crippen LogP contribution in [0.1, 0.15) is 26.2 Å². The van der Waals surface area contributed by atoms with E-state index in [0.29, 0.717) is 0 Å². The Balaban J connectivity index is 1.57. The van der Waals surface area contributed by atoms with Gasteiger partial charge in [-0.05, 0) is 38.4 Å². The average molecular weight is 231 g/mol. The number of hydrogen-bond donors (Lipinski definition) is 0. The van der Waals surface area contributed by atoms with Crippen LogP contribution in [-0.4, -0.2) is 41.6 Å². The summed E-state index contributed by atoms with van der Waals surface area (Å²) in [5, 5.41) is 0. The van der Waals surface area contributed by atoms with Crippen LogP contribution >= 0.6 is 0 Å². The summed E-state index contributed by atoms with van der Waals surface area (Å²) in [6, 6.07) is 5.78. The highest BCUT2D eigenvalue weighted by atomic mass is 15.3. The summed E-state index contributed by atoms with van der Waals surface area (Å²) in [5.74, 6) is 0. The molecule has 2 aliphatic rings. The van der Waals surface area contributed by atoms with Crippen molar-refractivity contribution in [3.05, 3.63) is 24.5 Å². The fourth-order valence-corrected chi connectivity index (χ4v) is 3.09. The second-order valence-corrected chi connectivity index (χ2v) is 5.35. The summed E-state index contributed by atoms with van der Waals surface area (Å²) in [4.78, 5) is 9.23. The molecule has 1 atom stereocenters. The van der Waals surface area contributed by atoms with Crippen molar-refractivity contribution < 1.29 is 0 Å². The third kappa shape index (κ3) is 2.16.